The summed E-state index contributed by atoms with van der Waals surface area (Å²) in [6, 6.07) is 1.36. The molecule has 0 radical (unpaired) electrons. The van der Waals surface area contributed by atoms with E-state index in [-0.39, 0.29) is 0 Å². The third-order valence-corrected chi connectivity index (χ3v) is 3.23. The molecule has 0 aromatic rings. The van der Waals surface area contributed by atoms with Gasteiger partial charge in [-0.15, -0.1) is 0 Å². The Bertz CT molecular complexity index is 209. The molecule has 2 nitrogen and oxygen atoms in total. The zero-order valence-corrected chi connectivity index (χ0v) is 12.1. The average Bonchev–Trinajstić information content (AvgIpc) is 2.13. The highest BCUT2D eigenvalue weighted by atomic mass is 15.0. The fraction of sp³-hybridized carbons (Fsp3) is 0.857. The molecule has 2 N–H and O–H groups in total. The highest BCUT2D eigenvalue weighted by Crippen LogP contribution is 2.13. The maximum atomic E-state index is 4.08. The monoisotopic (exact) mass is 226 g/mol. The fourth-order valence-corrected chi connectivity index (χ4v) is 2.45. The van der Waals surface area contributed by atoms with Crippen molar-refractivity contribution in [1.29, 1.82) is 0 Å². The normalized spacial score (nSPS) is 17.6. The molecule has 0 rings (SSSR count). The first kappa shape index (κ1) is 15.7. The molecule has 0 saturated carbocycles. The van der Waals surface area contributed by atoms with E-state index in [1.165, 1.54) is 5.57 Å². The van der Waals surface area contributed by atoms with Crippen LogP contribution in [0.25, 0.3) is 0 Å². The second-order valence-electron chi connectivity index (χ2n) is 5.58. The van der Waals surface area contributed by atoms with Crippen molar-refractivity contribution >= 4 is 0 Å². The van der Waals surface area contributed by atoms with Crippen LogP contribution in [0.4, 0.5) is 0 Å². The molecule has 0 heterocycles. The predicted octanol–water partition coefficient (Wildman–Crippen LogP) is 2.81. The van der Waals surface area contributed by atoms with Crippen molar-refractivity contribution in [3.8, 4) is 0 Å². The van der Waals surface area contributed by atoms with Crippen molar-refractivity contribution in [3.05, 3.63) is 12.2 Å². The number of rotatable bonds is 7. The zero-order chi connectivity index (χ0) is 12.9. The van der Waals surface area contributed by atoms with E-state index in [2.05, 4.69) is 58.8 Å². The number of likely N-dealkylation sites (N-methyl/N-ethyl adjacent to an activating group) is 1. The molecule has 2 unspecified atom stereocenters. The number of nitrogens with one attached hydrogen (secondary N) is 2. The van der Waals surface area contributed by atoms with E-state index in [1.54, 1.807) is 0 Å². The molecule has 0 aliphatic heterocycles. The lowest BCUT2D eigenvalue weighted by Crippen LogP contribution is -2.52. The van der Waals surface area contributed by atoms with Gasteiger partial charge in [0.1, 0.15) is 0 Å². The Morgan fingerprint density at radius 1 is 1.00 bits per heavy atom. The van der Waals surface area contributed by atoms with Crippen LogP contribution in [0.15, 0.2) is 12.2 Å². The lowest BCUT2D eigenvalue weighted by atomic mass is 9.93. The van der Waals surface area contributed by atoms with Gasteiger partial charge in [0.25, 0.3) is 0 Å². The van der Waals surface area contributed by atoms with Crippen LogP contribution in [0.2, 0.25) is 0 Å². The molecule has 96 valence electrons. The summed E-state index contributed by atoms with van der Waals surface area (Å²) < 4.78 is 0. The van der Waals surface area contributed by atoms with Gasteiger partial charge in [-0.1, -0.05) is 39.8 Å². The van der Waals surface area contributed by atoms with E-state index in [9.17, 15) is 0 Å². The lowest BCUT2D eigenvalue weighted by Gasteiger charge is -2.33. The highest BCUT2D eigenvalue weighted by molar-refractivity contribution is 5.04. The minimum absolute atomic E-state index is 0.407. The van der Waals surface area contributed by atoms with Crippen molar-refractivity contribution in [2.24, 2.45) is 11.8 Å². The summed E-state index contributed by atoms with van der Waals surface area (Å²) in [6.45, 7) is 17.4. The van der Waals surface area contributed by atoms with E-state index in [1.807, 2.05) is 7.05 Å². The highest BCUT2D eigenvalue weighted by Gasteiger charge is 2.23. The Labute approximate surface area is 102 Å². The van der Waals surface area contributed by atoms with Gasteiger partial charge in [-0.3, -0.25) is 0 Å². The van der Waals surface area contributed by atoms with Gasteiger partial charge >= 0.3 is 0 Å². The zero-order valence-electron chi connectivity index (χ0n) is 12.1. The van der Waals surface area contributed by atoms with Crippen LogP contribution in [0.3, 0.4) is 0 Å². The standard InChI is InChI=1S/C14H30N2/c1-9(2)13(10(3)4)16-12(7)14(15-8)11(5)6/h10-16H,1H2,2-8H3/t12?,13-,14?/m1/s1. The van der Waals surface area contributed by atoms with Gasteiger partial charge < -0.3 is 10.6 Å². The molecule has 0 amide bonds. The summed E-state index contributed by atoms with van der Waals surface area (Å²) in [5.74, 6) is 1.22. The Kier molecular flexibility index (Phi) is 6.93. The smallest absolute Gasteiger partial charge is 0.0300 e. The first-order chi connectivity index (χ1) is 7.31. The summed E-state index contributed by atoms with van der Waals surface area (Å²) >= 11 is 0. The molecule has 0 aromatic heterocycles. The van der Waals surface area contributed by atoms with Gasteiger partial charge in [0.15, 0.2) is 0 Å². The van der Waals surface area contributed by atoms with E-state index < -0.39 is 0 Å². The van der Waals surface area contributed by atoms with Crippen LogP contribution in [0, 0.1) is 11.8 Å². The van der Waals surface area contributed by atoms with Crippen LogP contribution in [0.1, 0.15) is 41.5 Å². The van der Waals surface area contributed by atoms with Gasteiger partial charge in [0.2, 0.25) is 0 Å². The lowest BCUT2D eigenvalue weighted by molar-refractivity contribution is 0.295. The molecular weight excluding hydrogens is 196 g/mol. The molecule has 0 bridgehead atoms. The first-order valence-electron chi connectivity index (χ1n) is 6.40. The van der Waals surface area contributed by atoms with Crippen LogP contribution in [-0.2, 0) is 0 Å². The molecule has 0 aliphatic rings. The van der Waals surface area contributed by atoms with E-state index in [0.29, 0.717) is 30.0 Å². The largest absolute Gasteiger partial charge is 0.315 e. The van der Waals surface area contributed by atoms with Crippen molar-refractivity contribution in [3.63, 3.8) is 0 Å². The molecule has 0 aliphatic carbocycles. The van der Waals surface area contributed by atoms with Crippen LogP contribution in [-0.4, -0.2) is 25.2 Å². The quantitative estimate of drug-likeness (QED) is 0.652. The van der Waals surface area contributed by atoms with E-state index in [0.717, 1.165) is 0 Å². The third-order valence-electron chi connectivity index (χ3n) is 3.23. The SMILES string of the molecule is C=C(C)[C@@H](NC(C)C(NC)C(C)C)C(C)C. The Morgan fingerprint density at radius 2 is 1.50 bits per heavy atom. The van der Waals surface area contributed by atoms with E-state index >= 15 is 0 Å². The van der Waals surface area contributed by atoms with Gasteiger partial charge in [0.05, 0.1) is 0 Å². The van der Waals surface area contributed by atoms with Crippen molar-refractivity contribution in [2.75, 3.05) is 7.05 Å². The Hall–Kier alpha value is -0.340. The van der Waals surface area contributed by atoms with Crippen molar-refractivity contribution in [1.82, 2.24) is 10.6 Å². The molecule has 2 heteroatoms. The van der Waals surface area contributed by atoms with Crippen molar-refractivity contribution < 1.29 is 0 Å². The van der Waals surface area contributed by atoms with Crippen molar-refractivity contribution in [2.45, 2.75) is 59.7 Å². The summed E-state index contributed by atoms with van der Waals surface area (Å²) in [4.78, 5) is 0. The molecule has 0 fully saturated rings. The third kappa shape index (κ3) is 4.67. The minimum Gasteiger partial charge on any atom is -0.315 e. The maximum absolute atomic E-state index is 4.08. The summed E-state index contributed by atoms with van der Waals surface area (Å²) in [6.07, 6.45) is 0. The Morgan fingerprint density at radius 3 is 1.75 bits per heavy atom. The second-order valence-corrected chi connectivity index (χ2v) is 5.58. The van der Waals surface area contributed by atoms with Crippen LogP contribution < -0.4 is 10.6 Å². The summed E-state index contributed by atoms with van der Waals surface area (Å²) in [7, 11) is 2.04. The van der Waals surface area contributed by atoms with Crippen LogP contribution in [0.5, 0.6) is 0 Å². The first-order valence-corrected chi connectivity index (χ1v) is 6.40. The van der Waals surface area contributed by atoms with E-state index in [4.69, 9.17) is 0 Å². The number of hydrogen-bond acceptors (Lipinski definition) is 2. The topological polar surface area (TPSA) is 24.1 Å². The van der Waals surface area contributed by atoms with Gasteiger partial charge in [-0.2, -0.15) is 0 Å². The number of hydrogen-bond donors (Lipinski definition) is 2. The molecule has 0 spiro atoms. The molecule has 3 atom stereocenters. The average molecular weight is 226 g/mol. The molecule has 0 saturated heterocycles. The fourth-order valence-electron chi connectivity index (χ4n) is 2.45. The minimum atomic E-state index is 0.407. The predicted molar refractivity (Wildman–Crippen MR) is 73.7 cm³/mol. The molecule has 0 aromatic carbocycles. The Balaban J connectivity index is 4.49. The maximum Gasteiger partial charge on any atom is 0.0300 e. The summed E-state index contributed by atoms with van der Waals surface area (Å²) in [5, 5.41) is 7.08. The molecule has 16 heavy (non-hydrogen) atoms. The molecular formula is C14H30N2. The van der Waals surface area contributed by atoms with Gasteiger partial charge in [0, 0.05) is 18.1 Å². The van der Waals surface area contributed by atoms with Gasteiger partial charge in [-0.05, 0) is 32.7 Å². The summed E-state index contributed by atoms with van der Waals surface area (Å²) in [5.41, 5.74) is 1.22. The second kappa shape index (κ2) is 7.08. The van der Waals surface area contributed by atoms with Gasteiger partial charge in [-0.25, -0.2) is 0 Å². The van der Waals surface area contributed by atoms with Crippen LogP contribution >= 0.6 is 0 Å².